The Bertz CT molecular complexity index is 977. The third-order valence-electron chi connectivity index (χ3n) is 3.98. The number of amides is 2. The number of nitrogens with one attached hydrogen (secondary N) is 2. The highest BCUT2D eigenvalue weighted by atomic mass is 35.5. The van der Waals surface area contributed by atoms with Crippen LogP contribution in [0.15, 0.2) is 61.2 Å². The Kier molecular flexibility index (Phi) is 5.78. The summed E-state index contributed by atoms with van der Waals surface area (Å²) in [5.74, 6) is -0.676. The summed E-state index contributed by atoms with van der Waals surface area (Å²) in [5.41, 5.74) is 2.90. The van der Waals surface area contributed by atoms with E-state index in [1.807, 2.05) is 19.1 Å². The number of pyridine rings is 2. The number of hydrogen-bond acceptors (Lipinski definition) is 4. The van der Waals surface area contributed by atoms with Gasteiger partial charge in [-0.3, -0.25) is 19.6 Å². The fourth-order valence-corrected chi connectivity index (χ4v) is 2.59. The third kappa shape index (κ3) is 4.68. The minimum atomic E-state index is -0.364. The molecule has 0 saturated heterocycles. The Labute approximate surface area is 161 Å². The van der Waals surface area contributed by atoms with E-state index in [0.29, 0.717) is 22.8 Å². The van der Waals surface area contributed by atoms with Crippen LogP contribution in [0.3, 0.4) is 0 Å². The lowest BCUT2D eigenvalue weighted by atomic mass is 10.1. The second kappa shape index (κ2) is 8.42. The molecule has 7 heteroatoms. The first kappa shape index (κ1) is 18.5. The molecule has 0 saturated carbocycles. The first-order chi connectivity index (χ1) is 13.0. The van der Waals surface area contributed by atoms with Crippen LogP contribution < -0.4 is 10.6 Å². The first-order valence-corrected chi connectivity index (χ1v) is 8.61. The average Bonchev–Trinajstić information content (AvgIpc) is 2.70. The minimum absolute atomic E-state index is 0.283. The van der Waals surface area contributed by atoms with E-state index >= 15 is 0 Å². The van der Waals surface area contributed by atoms with Crippen LogP contribution in [0.5, 0.6) is 0 Å². The SMILES string of the molecule is Cc1c(Cl)cccc1NC(=O)c1cncc(C(=O)NCc2ccncc2)c1. The summed E-state index contributed by atoms with van der Waals surface area (Å²) in [7, 11) is 0. The van der Waals surface area contributed by atoms with Crippen LogP contribution in [0.25, 0.3) is 0 Å². The zero-order valence-electron chi connectivity index (χ0n) is 14.6. The molecule has 2 N–H and O–H groups in total. The smallest absolute Gasteiger partial charge is 0.257 e. The molecule has 0 fully saturated rings. The molecular weight excluding hydrogens is 364 g/mol. The van der Waals surface area contributed by atoms with Gasteiger partial charge in [0.1, 0.15) is 0 Å². The zero-order valence-corrected chi connectivity index (χ0v) is 15.3. The lowest BCUT2D eigenvalue weighted by molar-refractivity contribution is 0.0950. The monoisotopic (exact) mass is 380 g/mol. The summed E-state index contributed by atoms with van der Waals surface area (Å²) < 4.78 is 0. The molecule has 0 unspecified atom stereocenters. The number of anilines is 1. The predicted octanol–water partition coefficient (Wildman–Crippen LogP) is 3.62. The number of benzene rings is 1. The van der Waals surface area contributed by atoms with Crippen molar-refractivity contribution in [3.8, 4) is 0 Å². The van der Waals surface area contributed by atoms with Crippen molar-refractivity contribution >= 4 is 29.1 Å². The molecule has 0 aliphatic carbocycles. The van der Waals surface area contributed by atoms with Crippen molar-refractivity contribution in [2.45, 2.75) is 13.5 Å². The molecule has 3 rings (SSSR count). The van der Waals surface area contributed by atoms with Gasteiger partial charge in [0.2, 0.25) is 0 Å². The van der Waals surface area contributed by atoms with Crippen LogP contribution in [-0.2, 0) is 6.54 Å². The largest absolute Gasteiger partial charge is 0.348 e. The van der Waals surface area contributed by atoms with Crippen LogP contribution in [0.2, 0.25) is 5.02 Å². The maximum absolute atomic E-state index is 12.5. The van der Waals surface area contributed by atoms with Gasteiger partial charge >= 0.3 is 0 Å². The first-order valence-electron chi connectivity index (χ1n) is 8.23. The number of carbonyl (C=O) groups excluding carboxylic acids is 2. The average molecular weight is 381 g/mol. The van der Waals surface area contributed by atoms with Gasteiger partial charge in [-0.25, -0.2) is 0 Å². The highest BCUT2D eigenvalue weighted by Gasteiger charge is 2.13. The lowest BCUT2D eigenvalue weighted by Crippen LogP contribution is -2.23. The molecule has 1 aromatic carbocycles. The quantitative estimate of drug-likeness (QED) is 0.708. The van der Waals surface area contributed by atoms with Gasteiger partial charge in [0.25, 0.3) is 11.8 Å². The summed E-state index contributed by atoms with van der Waals surface area (Å²) in [4.78, 5) is 32.8. The summed E-state index contributed by atoms with van der Waals surface area (Å²) in [6.45, 7) is 2.18. The van der Waals surface area contributed by atoms with E-state index in [0.717, 1.165) is 11.1 Å². The maximum Gasteiger partial charge on any atom is 0.257 e. The number of hydrogen-bond donors (Lipinski definition) is 2. The fourth-order valence-electron chi connectivity index (χ4n) is 2.41. The van der Waals surface area contributed by atoms with Crippen molar-refractivity contribution in [2.24, 2.45) is 0 Å². The molecule has 2 aromatic heterocycles. The van der Waals surface area contributed by atoms with Gasteiger partial charge in [0.05, 0.1) is 11.1 Å². The number of nitrogens with zero attached hydrogens (tertiary/aromatic N) is 2. The highest BCUT2D eigenvalue weighted by molar-refractivity contribution is 6.31. The van der Waals surface area contributed by atoms with Crippen molar-refractivity contribution in [1.29, 1.82) is 0 Å². The molecule has 0 bridgehead atoms. The van der Waals surface area contributed by atoms with Crippen molar-refractivity contribution in [1.82, 2.24) is 15.3 Å². The maximum atomic E-state index is 12.5. The van der Waals surface area contributed by atoms with Gasteiger partial charge < -0.3 is 10.6 Å². The Balaban J connectivity index is 1.70. The summed E-state index contributed by atoms with van der Waals surface area (Å²) in [6, 6.07) is 10.4. The zero-order chi connectivity index (χ0) is 19.2. The van der Waals surface area contributed by atoms with Gasteiger partial charge in [-0.2, -0.15) is 0 Å². The molecule has 6 nitrogen and oxygen atoms in total. The van der Waals surface area contributed by atoms with Crippen LogP contribution >= 0.6 is 11.6 Å². The molecule has 2 amide bonds. The van der Waals surface area contributed by atoms with E-state index in [1.54, 1.807) is 30.6 Å². The minimum Gasteiger partial charge on any atom is -0.348 e. The van der Waals surface area contributed by atoms with Gasteiger partial charge in [-0.05, 0) is 48.4 Å². The van der Waals surface area contributed by atoms with Crippen molar-refractivity contribution in [3.63, 3.8) is 0 Å². The van der Waals surface area contributed by atoms with E-state index in [9.17, 15) is 9.59 Å². The van der Waals surface area contributed by atoms with Crippen molar-refractivity contribution in [3.05, 3.63) is 88.5 Å². The van der Waals surface area contributed by atoms with Crippen molar-refractivity contribution < 1.29 is 9.59 Å². The summed E-state index contributed by atoms with van der Waals surface area (Å²) in [5, 5.41) is 6.15. The Morgan fingerprint density at radius 3 is 2.44 bits per heavy atom. The molecule has 0 aliphatic rings. The second-order valence-electron chi connectivity index (χ2n) is 5.87. The summed E-state index contributed by atoms with van der Waals surface area (Å²) in [6.07, 6.45) is 6.15. The molecule has 3 aromatic rings. The molecule has 2 heterocycles. The predicted molar refractivity (Wildman–Crippen MR) is 104 cm³/mol. The van der Waals surface area contributed by atoms with E-state index in [-0.39, 0.29) is 17.4 Å². The van der Waals surface area contributed by atoms with Crippen LogP contribution in [0.4, 0.5) is 5.69 Å². The van der Waals surface area contributed by atoms with Gasteiger partial charge in [0.15, 0.2) is 0 Å². The molecular formula is C20H17ClN4O2. The lowest BCUT2D eigenvalue weighted by Gasteiger charge is -2.10. The van der Waals surface area contributed by atoms with Gasteiger partial charge in [0, 0.05) is 42.0 Å². The van der Waals surface area contributed by atoms with Crippen LogP contribution in [0, 0.1) is 6.92 Å². The number of halogens is 1. The van der Waals surface area contributed by atoms with Crippen LogP contribution in [-0.4, -0.2) is 21.8 Å². The van der Waals surface area contributed by atoms with Crippen molar-refractivity contribution in [2.75, 3.05) is 5.32 Å². The van der Waals surface area contributed by atoms with E-state index in [2.05, 4.69) is 20.6 Å². The molecule has 0 atom stereocenters. The second-order valence-corrected chi connectivity index (χ2v) is 6.27. The Hall–Kier alpha value is -3.25. The molecule has 27 heavy (non-hydrogen) atoms. The molecule has 0 aliphatic heterocycles. The Morgan fingerprint density at radius 2 is 1.70 bits per heavy atom. The summed E-state index contributed by atoms with van der Waals surface area (Å²) >= 11 is 6.07. The topological polar surface area (TPSA) is 84.0 Å². The van der Waals surface area contributed by atoms with Gasteiger partial charge in [-0.15, -0.1) is 0 Å². The Morgan fingerprint density at radius 1 is 1.00 bits per heavy atom. The van der Waals surface area contributed by atoms with E-state index in [1.165, 1.54) is 18.5 Å². The van der Waals surface area contributed by atoms with E-state index < -0.39 is 0 Å². The normalized spacial score (nSPS) is 10.3. The third-order valence-corrected chi connectivity index (χ3v) is 4.39. The number of rotatable bonds is 5. The molecule has 0 radical (unpaired) electrons. The number of aromatic nitrogens is 2. The standard InChI is InChI=1S/C20H17ClN4O2/c1-13-17(21)3-2-4-18(13)25-20(27)16-9-15(11-23-12-16)19(26)24-10-14-5-7-22-8-6-14/h2-9,11-12H,10H2,1H3,(H,24,26)(H,25,27). The number of carbonyl (C=O) groups is 2. The highest BCUT2D eigenvalue weighted by Crippen LogP contribution is 2.23. The van der Waals surface area contributed by atoms with E-state index in [4.69, 9.17) is 11.6 Å². The van der Waals surface area contributed by atoms with Gasteiger partial charge in [-0.1, -0.05) is 17.7 Å². The fraction of sp³-hybridized carbons (Fsp3) is 0.100. The molecule has 0 spiro atoms. The molecule has 136 valence electrons. The van der Waals surface area contributed by atoms with Crippen LogP contribution in [0.1, 0.15) is 31.8 Å².